The molecule has 15 nitrogen and oxygen atoms in total. The Morgan fingerprint density at radius 1 is 0.517 bits per heavy atom. The molecule has 0 aromatic heterocycles. The number of ether oxygens (including phenoxy) is 6. The van der Waals surface area contributed by atoms with Crippen LogP contribution in [0.3, 0.4) is 0 Å². The van der Waals surface area contributed by atoms with Crippen LogP contribution in [-0.2, 0) is 62.0 Å². The van der Waals surface area contributed by atoms with Gasteiger partial charge in [0.1, 0.15) is 0 Å². The molecular weight excluding hydrogens is 799 g/mol. The lowest BCUT2D eigenvalue weighted by molar-refractivity contribution is -0.175. The molecule has 0 aliphatic carbocycles. The second-order valence-corrected chi connectivity index (χ2v) is 15.9. The van der Waals surface area contributed by atoms with Gasteiger partial charge in [0.05, 0.1) is 48.2 Å². The fraction of sp³-hybridized carbons (Fsp3) is 0.364. The molecule has 0 amide bonds. The van der Waals surface area contributed by atoms with E-state index in [-0.39, 0.29) is 18.8 Å². The fourth-order valence-electron chi connectivity index (χ4n) is 5.62. The molecule has 16 heteroatoms. The van der Waals surface area contributed by atoms with Crippen molar-refractivity contribution in [1.29, 1.82) is 0 Å². The molecule has 0 unspecified atom stereocenters. The van der Waals surface area contributed by atoms with Gasteiger partial charge in [-0.25, -0.2) is 28.8 Å². The van der Waals surface area contributed by atoms with Crippen molar-refractivity contribution in [1.82, 2.24) is 0 Å². The number of methoxy groups -OCH3 is 6. The predicted molar refractivity (Wildman–Crippen MR) is 225 cm³/mol. The number of carbonyl (C=O) groups is 7. The molecule has 3 aromatic rings. The minimum absolute atomic E-state index is 0.0753. The fourth-order valence-corrected chi connectivity index (χ4v) is 9.31. The minimum Gasteiger partial charge on any atom is -0.467 e. The third kappa shape index (κ3) is 13.9. The molecule has 2 N–H and O–H groups in total. The number of hydrogen-bond donors (Lipinski definition) is 2. The van der Waals surface area contributed by atoms with Crippen molar-refractivity contribution in [3.05, 3.63) is 103 Å². The van der Waals surface area contributed by atoms with Gasteiger partial charge in [0.15, 0.2) is 5.60 Å². The van der Waals surface area contributed by atoms with E-state index in [4.69, 9.17) is 4.74 Å². The van der Waals surface area contributed by atoms with E-state index in [2.05, 4.69) is 60.1 Å². The van der Waals surface area contributed by atoms with Gasteiger partial charge in [0, 0.05) is 11.9 Å². The predicted octanol–water partition coefficient (Wildman–Crippen LogP) is 3.13. The quantitative estimate of drug-likeness (QED) is 0.0498. The molecule has 0 saturated carbocycles. The molecule has 60 heavy (non-hydrogen) atoms. The van der Waals surface area contributed by atoms with Gasteiger partial charge in [-0.15, -0.1) is 0 Å². The van der Waals surface area contributed by atoms with Gasteiger partial charge < -0.3 is 38.6 Å². The normalized spacial score (nSPS) is 12.7. The largest absolute Gasteiger partial charge is 0.467 e. The molecule has 0 heterocycles. The number of esters is 6. The van der Waals surface area contributed by atoms with Crippen molar-refractivity contribution < 1.29 is 72.2 Å². The Morgan fingerprint density at radius 3 is 1.22 bits per heavy atom. The summed E-state index contributed by atoms with van der Waals surface area (Å²) in [6.07, 6.45) is 2.69. The summed E-state index contributed by atoms with van der Waals surface area (Å²) in [7, 11) is 6.71. The highest BCUT2D eigenvalue weighted by Crippen LogP contribution is 2.43. The van der Waals surface area contributed by atoms with Crippen LogP contribution in [0.1, 0.15) is 52.4 Å². The van der Waals surface area contributed by atoms with Gasteiger partial charge in [0.2, 0.25) is 5.60 Å². The number of Topliss-reactive ketones (excluding diaryl/α,β-unsaturated/α-hetero) is 1. The van der Waals surface area contributed by atoms with Gasteiger partial charge in [-0.1, -0.05) is 118 Å². The maximum Gasteiger partial charge on any atom is 0.378 e. The number of ketones is 1. The SMILES string of the molecule is CCCC[C@](O)(C(=O)OC)/C(=C/C(=O)OC)C(=O)OC.CCCC[C@](O)(C(=O)OC)C(=O)C(=O)OC.COC(=O)C=P(c1ccccc1)(c1ccccc1)c1ccccc1. The highest BCUT2D eigenvalue weighted by molar-refractivity contribution is 7.95. The van der Waals surface area contributed by atoms with E-state index in [9.17, 15) is 43.8 Å². The Balaban J connectivity index is 0.000000461. The molecule has 0 aliphatic rings. The van der Waals surface area contributed by atoms with E-state index in [1.54, 1.807) is 5.80 Å². The first-order valence-electron chi connectivity index (χ1n) is 18.7. The molecule has 326 valence electrons. The second kappa shape index (κ2) is 26.3. The molecule has 2 atom stereocenters. The number of unbranched alkanes of at least 4 members (excludes halogenated alkanes) is 2. The van der Waals surface area contributed by atoms with Crippen LogP contribution in [0.15, 0.2) is 103 Å². The van der Waals surface area contributed by atoms with Crippen molar-refractivity contribution in [3.63, 3.8) is 0 Å². The summed E-state index contributed by atoms with van der Waals surface area (Å²) >= 11 is 0. The Kier molecular flexibility index (Phi) is 22.8. The van der Waals surface area contributed by atoms with Crippen LogP contribution in [0, 0.1) is 0 Å². The number of hydrogen-bond acceptors (Lipinski definition) is 15. The monoisotopic (exact) mass is 854 g/mol. The topological polar surface area (TPSA) is 215 Å². The molecule has 0 aliphatic heterocycles. The van der Waals surface area contributed by atoms with Crippen LogP contribution in [0.25, 0.3) is 0 Å². The van der Waals surface area contributed by atoms with Crippen LogP contribution >= 0.6 is 6.89 Å². The Labute approximate surface area is 350 Å². The summed E-state index contributed by atoms with van der Waals surface area (Å²) in [5.41, 5.74) is -5.18. The van der Waals surface area contributed by atoms with Crippen molar-refractivity contribution in [2.24, 2.45) is 0 Å². The van der Waals surface area contributed by atoms with Crippen LogP contribution in [0.5, 0.6) is 0 Å². The van der Waals surface area contributed by atoms with Crippen molar-refractivity contribution in [2.75, 3.05) is 42.7 Å². The lowest BCUT2D eigenvalue weighted by Crippen LogP contribution is -2.51. The van der Waals surface area contributed by atoms with Crippen LogP contribution in [-0.4, -0.2) is 111 Å². The maximum absolute atomic E-state index is 12.3. The lowest BCUT2D eigenvalue weighted by atomic mass is 9.87. The van der Waals surface area contributed by atoms with E-state index in [0.29, 0.717) is 25.7 Å². The van der Waals surface area contributed by atoms with Crippen LogP contribution in [0.2, 0.25) is 0 Å². The summed E-state index contributed by atoms with van der Waals surface area (Å²) in [4.78, 5) is 80.9. The van der Waals surface area contributed by atoms with Crippen molar-refractivity contribution in [2.45, 2.75) is 63.6 Å². The van der Waals surface area contributed by atoms with Gasteiger partial charge in [-0.2, -0.15) is 0 Å². The second-order valence-electron chi connectivity index (χ2n) is 12.7. The summed E-state index contributed by atoms with van der Waals surface area (Å²) in [6.45, 7) is 1.44. The first-order valence-corrected chi connectivity index (χ1v) is 20.6. The zero-order valence-corrected chi connectivity index (χ0v) is 36.1. The summed E-state index contributed by atoms with van der Waals surface area (Å²) in [5.74, 6) is -5.15. The van der Waals surface area contributed by atoms with E-state index >= 15 is 0 Å². The van der Waals surface area contributed by atoms with Crippen LogP contribution < -0.4 is 15.9 Å². The number of benzene rings is 3. The molecular formula is C44H55O15P. The minimum atomic E-state index is -2.43. The Morgan fingerprint density at radius 2 is 0.883 bits per heavy atom. The zero-order chi connectivity index (χ0) is 45.4. The van der Waals surface area contributed by atoms with E-state index < -0.39 is 59.3 Å². The molecule has 0 fully saturated rings. The number of carbonyl (C=O) groups excluding carboxylic acids is 7. The Bertz CT molecular complexity index is 1860. The van der Waals surface area contributed by atoms with Gasteiger partial charge in [-0.05, 0) is 48.5 Å². The molecule has 0 bridgehead atoms. The van der Waals surface area contributed by atoms with Gasteiger partial charge in [0.25, 0.3) is 5.78 Å². The standard InChI is InChI=1S/C21H19O2P.C13H20O7.C10H16O6/c1-23-21(22)17-24(18-11-5-2-6-12-18,19-13-7-3-8-14-19)20-15-9-4-10-16-20;1-5-6-7-13(17,12(16)20-4)9(11(15)19-3)8-10(14)18-2;1-4-5-6-10(14,9(13)16-3)7(11)8(12)15-2/h2-17H,1H3;8,17H,5-7H2,1-4H3;14H,4-6H2,1-3H3/b;9-8+;/t;13-;10-/m.11/s1. The van der Waals surface area contributed by atoms with E-state index in [1.165, 1.54) is 7.11 Å². The van der Waals surface area contributed by atoms with Crippen molar-refractivity contribution >= 4 is 70.2 Å². The number of aliphatic hydroxyl groups is 2. The highest BCUT2D eigenvalue weighted by atomic mass is 31.2. The summed E-state index contributed by atoms with van der Waals surface area (Å²) in [6, 6.07) is 30.6. The van der Waals surface area contributed by atoms with Crippen LogP contribution in [0.4, 0.5) is 0 Å². The summed E-state index contributed by atoms with van der Waals surface area (Å²) in [5, 5.41) is 23.7. The zero-order valence-electron chi connectivity index (χ0n) is 35.2. The summed E-state index contributed by atoms with van der Waals surface area (Å²) < 4.78 is 26.9. The lowest BCUT2D eigenvalue weighted by Gasteiger charge is -2.28. The van der Waals surface area contributed by atoms with E-state index in [0.717, 1.165) is 57.5 Å². The molecule has 0 saturated heterocycles. The maximum atomic E-state index is 12.3. The van der Waals surface area contributed by atoms with Gasteiger partial charge >= 0.3 is 35.8 Å². The van der Waals surface area contributed by atoms with Gasteiger partial charge in [-0.3, -0.25) is 4.79 Å². The third-order valence-corrected chi connectivity index (χ3v) is 12.8. The smallest absolute Gasteiger partial charge is 0.378 e. The molecule has 0 spiro atoms. The Hall–Kier alpha value is -5.89. The molecule has 0 radical (unpaired) electrons. The first kappa shape index (κ1) is 52.1. The van der Waals surface area contributed by atoms with Crippen molar-refractivity contribution in [3.8, 4) is 0 Å². The average Bonchev–Trinajstić information content (AvgIpc) is 3.30. The van der Waals surface area contributed by atoms with E-state index in [1.807, 2.05) is 68.4 Å². The molecule has 3 rings (SSSR count). The average molecular weight is 855 g/mol. The third-order valence-electron chi connectivity index (χ3n) is 8.88. The highest BCUT2D eigenvalue weighted by Gasteiger charge is 2.48. The first-order chi connectivity index (χ1) is 28.6. The number of rotatable bonds is 17. The molecule has 3 aromatic carbocycles.